The molecule has 0 aromatic heterocycles. The molecule has 56 valence electrons. The zero-order chi connectivity index (χ0) is 5.86. The van der Waals surface area contributed by atoms with E-state index in [4.69, 9.17) is 0 Å². The second-order valence-electron chi connectivity index (χ2n) is 1.44. The number of carbonyl (C=O) groups is 1. The van der Waals surface area contributed by atoms with Gasteiger partial charge in [0.25, 0.3) is 0 Å². The van der Waals surface area contributed by atoms with Crippen molar-refractivity contribution in [3.63, 3.8) is 0 Å². The Morgan fingerprint density at radius 1 is 1.44 bits per heavy atom. The van der Waals surface area contributed by atoms with Crippen LogP contribution in [0, 0.1) is 0 Å². The van der Waals surface area contributed by atoms with Gasteiger partial charge in [-0.2, -0.15) is 0 Å². The fourth-order valence-corrected chi connectivity index (χ4v) is 0.183. The average molecular weight is 133 g/mol. The Balaban J connectivity index is -0.000000180. The second kappa shape index (κ2) is 7.13. The van der Waals surface area contributed by atoms with Gasteiger partial charge in [-0.15, -0.1) is 0 Å². The third kappa shape index (κ3) is 7.13. The Bertz CT molecular complexity index is 90.2. The third-order valence-electron chi connectivity index (χ3n) is 0.615. The van der Waals surface area contributed by atoms with Crippen molar-refractivity contribution in [3.05, 3.63) is 12.7 Å². The Morgan fingerprint density at radius 3 is 1.78 bits per heavy atom. The number of hydrogen-bond acceptors (Lipinski definition) is 3. The van der Waals surface area contributed by atoms with E-state index < -0.39 is 0 Å². The highest BCUT2D eigenvalue weighted by molar-refractivity contribution is 5.86. The van der Waals surface area contributed by atoms with Gasteiger partial charge in [0.15, 0.2) is 0 Å². The maximum Gasteiger partial charge on any atom is 0.245 e. The zero-order valence-electron chi connectivity index (χ0n) is 6.05. The third-order valence-corrected chi connectivity index (χ3v) is 0.615. The van der Waals surface area contributed by atoms with Gasteiger partial charge < -0.3 is 17.2 Å². The number of hydrogen-bond donors (Lipinski definition) is 2. The quantitative estimate of drug-likeness (QED) is 0.513. The van der Waals surface area contributed by atoms with Crippen LogP contribution in [0.2, 0.25) is 0 Å². The number of carbonyl (C=O) groups excluding carboxylic acids is 1. The number of amides is 1. The summed E-state index contributed by atoms with van der Waals surface area (Å²) in [5, 5.41) is 0. The first-order valence-corrected chi connectivity index (χ1v) is 2.02. The lowest BCUT2D eigenvalue weighted by Gasteiger charge is -2.03. The first kappa shape index (κ1) is 15.7. The SMILES string of the molecule is C=CC(=O)N(C)C.N.N. The van der Waals surface area contributed by atoms with Gasteiger partial charge in [0.05, 0.1) is 0 Å². The minimum atomic E-state index is -0.0556. The Morgan fingerprint density at radius 2 is 1.78 bits per heavy atom. The molecule has 1 amide bonds. The Labute approximate surface area is 55.7 Å². The van der Waals surface area contributed by atoms with E-state index in [0.29, 0.717) is 0 Å². The first-order valence-electron chi connectivity index (χ1n) is 2.02. The predicted molar refractivity (Wildman–Crippen MR) is 38.9 cm³/mol. The lowest BCUT2D eigenvalue weighted by atomic mass is 10.5. The maximum absolute atomic E-state index is 10.3. The van der Waals surface area contributed by atoms with E-state index in [-0.39, 0.29) is 18.2 Å². The molecular formula is C5H15N3O. The summed E-state index contributed by atoms with van der Waals surface area (Å²) in [7, 11) is 3.37. The van der Waals surface area contributed by atoms with Gasteiger partial charge in [-0.25, -0.2) is 0 Å². The molecule has 6 N–H and O–H groups in total. The molecule has 0 fully saturated rings. The fourth-order valence-electron chi connectivity index (χ4n) is 0.183. The molecule has 0 saturated carbocycles. The largest absolute Gasteiger partial charge is 0.345 e. The lowest BCUT2D eigenvalue weighted by molar-refractivity contribution is -0.123. The van der Waals surface area contributed by atoms with Crippen LogP contribution in [0.25, 0.3) is 0 Å². The van der Waals surface area contributed by atoms with Crippen molar-refractivity contribution in [2.75, 3.05) is 14.1 Å². The van der Waals surface area contributed by atoms with Gasteiger partial charge in [0, 0.05) is 14.1 Å². The Hall–Kier alpha value is -0.870. The highest BCUT2D eigenvalue weighted by Gasteiger charge is 1.91. The molecule has 0 bridgehead atoms. The fraction of sp³-hybridized carbons (Fsp3) is 0.400. The zero-order valence-corrected chi connectivity index (χ0v) is 6.05. The van der Waals surface area contributed by atoms with Crippen molar-refractivity contribution < 1.29 is 4.79 Å². The van der Waals surface area contributed by atoms with Crippen molar-refractivity contribution in [3.8, 4) is 0 Å². The van der Waals surface area contributed by atoms with Crippen molar-refractivity contribution in [2.24, 2.45) is 0 Å². The van der Waals surface area contributed by atoms with E-state index in [1.807, 2.05) is 0 Å². The standard InChI is InChI=1S/C5H9NO.2H3N/c1-4-5(7)6(2)3;;/h4H,1H2,2-3H3;2*1H3. The molecule has 0 rings (SSSR count). The van der Waals surface area contributed by atoms with E-state index in [2.05, 4.69) is 6.58 Å². The monoisotopic (exact) mass is 133 g/mol. The average Bonchev–Trinajstić information content (AvgIpc) is 1.65. The molecule has 0 aromatic carbocycles. The molecule has 0 heterocycles. The summed E-state index contributed by atoms with van der Waals surface area (Å²) in [5.74, 6) is -0.0556. The number of nitrogens with zero attached hydrogens (tertiary/aromatic N) is 1. The normalized spacial score (nSPS) is 6.00. The van der Waals surface area contributed by atoms with Crippen LogP contribution in [0.3, 0.4) is 0 Å². The minimum Gasteiger partial charge on any atom is -0.345 e. The van der Waals surface area contributed by atoms with E-state index in [1.165, 1.54) is 11.0 Å². The summed E-state index contributed by atoms with van der Waals surface area (Å²) >= 11 is 0. The van der Waals surface area contributed by atoms with Gasteiger partial charge in [-0.05, 0) is 6.08 Å². The number of likely N-dealkylation sites (N-methyl/N-ethyl adjacent to an activating group) is 1. The van der Waals surface area contributed by atoms with E-state index in [0.717, 1.165) is 0 Å². The van der Waals surface area contributed by atoms with Crippen molar-refractivity contribution in [1.82, 2.24) is 17.2 Å². The molecule has 0 aliphatic carbocycles. The lowest BCUT2D eigenvalue weighted by Crippen LogP contribution is -2.18. The molecule has 0 aromatic rings. The van der Waals surface area contributed by atoms with Crippen LogP contribution in [0.1, 0.15) is 0 Å². The van der Waals surface area contributed by atoms with Crippen molar-refractivity contribution in [2.45, 2.75) is 0 Å². The molecule has 9 heavy (non-hydrogen) atoms. The summed E-state index contributed by atoms with van der Waals surface area (Å²) in [5.41, 5.74) is 0. The summed E-state index contributed by atoms with van der Waals surface area (Å²) in [6, 6.07) is 0. The minimum absolute atomic E-state index is 0. The van der Waals surface area contributed by atoms with Crippen LogP contribution in [-0.2, 0) is 4.79 Å². The van der Waals surface area contributed by atoms with Gasteiger partial charge >= 0.3 is 0 Å². The van der Waals surface area contributed by atoms with Gasteiger partial charge in [0.1, 0.15) is 0 Å². The van der Waals surface area contributed by atoms with Gasteiger partial charge in [0.2, 0.25) is 5.91 Å². The molecule has 0 unspecified atom stereocenters. The first-order chi connectivity index (χ1) is 3.18. The number of rotatable bonds is 1. The van der Waals surface area contributed by atoms with Crippen LogP contribution in [0.15, 0.2) is 12.7 Å². The van der Waals surface area contributed by atoms with Crippen LogP contribution < -0.4 is 12.3 Å². The molecule has 0 aliphatic rings. The molecule has 0 saturated heterocycles. The predicted octanol–water partition coefficient (Wildman–Crippen LogP) is 0.585. The Kier molecular flexibility index (Phi) is 12.4. The van der Waals surface area contributed by atoms with Gasteiger partial charge in [-0.3, -0.25) is 4.79 Å². The van der Waals surface area contributed by atoms with E-state index in [9.17, 15) is 4.79 Å². The second-order valence-corrected chi connectivity index (χ2v) is 1.44. The maximum atomic E-state index is 10.3. The topological polar surface area (TPSA) is 90.3 Å². The highest BCUT2D eigenvalue weighted by atomic mass is 16.2. The van der Waals surface area contributed by atoms with E-state index >= 15 is 0 Å². The summed E-state index contributed by atoms with van der Waals surface area (Å²) < 4.78 is 0. The molecular weight excluding hydrogens is 118 g/mol. The highest BCUT2D eigenvalue weighted by Crippen LogP contribution is 1.74. The van der Waals surface area contributed by atoms with Crippen molar-refractivity contribution in [1.29, 1.82) is 0 Å². The van der Waals surface area contributed by atoms with Crippen LogP contribution >= 0.6 is 0 Å². The molecule has 4 heteroatoms. The molecule has 0 atom stereocenters. The molecule has 4 nitrogen and oxygen atoms in total. The summed E-state index contributed by atoms with van der Waals surface area (Å²) in [6.07, 6.45) is 1.28. The van der Waals surface area contributed by atoms with Gasteiger partial charge in [-0.1, -0.05) is 6.58 Å². The molecule has 0 spiro atoms. The van der Waals surface area contributed by atoms with E-state index in [1.54, 1.807) is 14.1 Å². The van der Waals surface area contributed by atoms with Crippen molar-refractivity contribution >= 4 is 5.91 Å². The summed E-state index contributed by atoms with van der Waals surface area (Å²) in [6.45, 7) is 3.29. The summed E-state index contributed by atoms with van der Waals surface area (Å²) in [4.78, 5) is 11.8. The van der Waals surface area contributed by atoms with Crippen LogP contribution in [-0.4, -0.2) is 24.9 Å². The molecule has 0 radical (unpaired) electrons. The van der Waals surface area contributed by atoms with Crippen LogP contribution in [0.4, 0.5) is 0 Å². The smallest absolute Gasteiger partial charge is 0.245 e. The molecule has 0 aliphatic heterocycles. The van der Waals surface area contributed by atoms with Crippen LogP contribution in [0.5, 0.6) is 0 Å².